The summed E-state index contributed by atoms with van der Waals surface area (Å²) < 4.78 is 6.64. The van der Waals surface area contributed by atoms with Crippen molar-refractivity contribution in [1.29, 1.82) is 0 Å². The second-order valence-electron chi connectivity index (χ2n) is 11.9. The molecule has 0 aliphatic rings. The van der Waals surface area contributed by atoms with Gasteiger partial charge in [-0.05, 0) is 73.1 Å². The minimum absolute atomic E-state index is 0.612. The summed E-state index contributed by atoms with van der Waals surface area (Å²) in [7, 11) is 0. The maximum Gasteiger partial charge on any atom is 0.227 e. The zero-order valence-electron chi connectivity index (χ0n) is 25.6. The molecule has 0 aliphatic carbocycles. The molecule has 1 aromatic heterocycles. The second-order valence-corrected chi connectivity index (χ2v) is 11.9. The van der Waals surface area contributed by atoms with E-state index in [1.54, 1.807) is 0 Å². The molecule has 0 spiro atoms. The molecule has 0 unspecified atom stereocenters. The van der Waals surface area contributed by atoms with Crippen molar-refractivity contribution in [3.8, 4) is 56.0 Å². The largest absolute Gasteiger partial charge is 0.435 e. The second kappa shape index (κ2) is 11.3. The Balaban J connectivity index is 1.21. The van der Waals surface area contributed by atoms with E-state index in [-0.39, 0.29) is 0 Å². The first-order valence-corrected chi connectivity index (χ1v) is 16.0. The predicted octanol–water partition coefficient (Wildman–Crippen LogP) is 12.5. The molecule has 9 rings (SSSR count). The van der Waals surface area contributed by atoms with Crippen LogP contribution in [-0.2, 0) is 0 Å². The van der Waals surface area contributed by atoms with E-state index < -0.39 is 0 Å². The fourth-order valence-electron chi connectivity index (χ4n) is 6.96. The van der Waals surface area contributed by atoms with Crippen molar-refractivity contribution in [1.82, 2.24) is 4.98 Å². The summed E-state index contributed by atoms with van der Waals surface area (Å²) in [6.07, 6.45) is 0. The van der Waals surface area contributed by atoms with Gasteiger partial charge in [0.2, 0.25) is 5.89 Å². The highest BCUT2D eigenvalue weighted by atomic mass is 16.3. The maximum absolute atomic E-state index is 6.64. The number of oxazole rings is 1. The third-order valence-electron chi connectivity index (χ3n) is 9.13. The summed E-state index contributed by atoms with van der Waals surface area (Å²) in [6, 6.07) is 62.0. The Kier molecular flexibility index (Phi) is 6.50. The van der Waals surface area contributed by atoms with Gasteiger partial charge in [-0.3, -0.25) is 0 Å². The lowest BCUT2D eigenvalue weighted by atomic mass is 9.86. The lowest BCUT2D eigenvalue weighted by Gasteiger charge is -2.17. The molecule has 1 heterocycles. The van der Waals surface area contributed by atoms with E-state index >= 15 is 0 Å². The number of benzene rings is 8. The summed E-state index contributed by atoms with van der Waals surface area (Å²) >= 11 is 0. The van der Waals surface area contributed by atoms with Gasteiger partial charge in [-0.1, -0.05) is 158 Å². The van der Waals surface area contributed by atoms with Gasteiger partial charge in [0, 0.05) is 16.7 Å². The van der Waals surface area contributed by atoms with Crippen molar-refractivity contribution < 1.29 is 4.42 Å². The Labute approximate surface area is 273 Å². The zero-order valence-corrected chi connectivity index (χ0v) is 25.6. The number of hydrogen-bond acceptors (Lipinski definition) is 2. The molecule has 47 heavy (non-hydrogen) atoms. The Morgan fingerprint density at radius 2 is 0.702 bits per heavy atom. The fraction of sp³-hybridized carbons (Fsp3) is 0. The molecule has 0 N–H and O–H groups in total. The molecule has 0 saturated carbocycles. The molecule has 0 aliphatic heterocycles. The summed E-state index contributed by atoms with van der Waals surface area (Å²) in [6.45, 7) is 0. The number of hydrogen-bond donors (Lipinski definition) is 0. The molecular formula is C45H29NO. The highest BCUT2D eigenvalue weighted by Crippen LogP contribution is 2.44. The lowest BCUT2D eigenvalue weighted by Crippen LogP contribution is -1.90. The summed E-state index contributed by atoms with van der Waals surface area (Å²) in [5, 5.41) is 4.97. The van der Waals surface area contributed by atoms with Gasteiger partial charge in [0.1, 0.15) is 5.52 Å². The van der Waals surface area contributed by atoms with E-state index in [2.05, 4.69) is 164 Å². The van der Waals surface area contributed by atoms with E-state index in [1.807, 2.05) is 12.1 Å². The molecular weight excluding hydrogens is 571 g/mol. The van der Waals surface area contributed by atoms with Crippen LogP contribution in [0, 0.1) is 0 Å². The van der Waals surface area contributed by atoms with Crippen LogP contribution in [0.3, 0.4) is 0 Å². The number of rotatable bonds is 5. The summed E-state index contributed by atoms with van der Waals surface area (Å²) in [5.74, 6) is 0.612. The van der Waals surface area contributed by atoms with Crippen molar-refractivity contribution in [2.75, 3.05) is 0 Å². The van der Waals surface area contributed by atoms with Crippen molar-refractivity contribution in [3.63, 3.8) is 0 Å². The van der Waals surface area contributed by atoms with Crippen LogP contribution in [0.15, 0.2) is 180 Å². The molecule has 0 atom stereocenters. The van der Waals surface area contributed by atoms with Crippen LogP contribution in [0.2, 0.25) is 0 Å². The molecule has 2 nitrogen and oxygen atoms in total. The van der Waals surface area contributed by atoms with Crippen molar-refractivity contribution in [3.05, 3.63) is 176 Å². The maximum atomic E-state index is 6.64. The highest BCUT2D eigenvalue weighted by molar-refractivity contribution is 6.21. The molecule has 0 saturated heterocycles. The van der Waals surface area contributed by atoms with Crippen LogP contribution in [-0.4, -0.2) is 4.98 Å². The first kappa shape index (κ1) is 27.1. The van der Waals surface area contributed by atoms with Crippen molar-refractivity contribution in [2.24, 2.45) is 0 Å². The van der Waals surface area contributed by atoms with Gasteiger partial charge in [0.25, 0.3) is 0 Å². The van der Waals surface area contributed by atoms with Gasteiger partial charge in [-0.25, -0.2) is 4.98 Å². The van der Waals surface area contributed by atoms with Gasteiger partial charge in [0.15, 0.2) is 5.58 Å². The van der Waals surface area contributed by atoms with Crippen LogP contribution in [0.5, 0.6) is 0 Å². The number of nitrogens with zero attached hydrogens (tertiary/aromatic N) is 1. The average molecular weight is 600 g/mol. The minimum Gasteiger partial charge on any atom is -0.435 e. The summed E-state index contributed by atoms with van der Waals surface area (Å²) in [4.78, 5) is 5.13. The van der Waals surface area contributed by atoms with E-state index in [9.17, 15) is 0 Å². The Morgan fingerprint density at radius 1 is 0.319 bits per heavy atom. The highest BCUT2D eigenvalue weighted by Gasteiger charge is 2.19. The van der Waals surface area contributed by atoms with Gasteiger partial charge >= 0.3 is 0 Å². The van der Waals surface area contributed by atoms with Gasteiger partial charge < -0.3 is 4.42 Å². The molecule has 0 amide bonds. The lowest BCUT2D eigenvalue weighted by molar-refractivity contribution is 0.621. The monoisotopic (exact) mass is 599 g/mol. The van der Waals surface area contributed by atoms with Crippen LogP contribution in [0.25, 0.3) is 88.6 Å². The molecule has 8 aromatic carbocycles. The van der Waals surface area contributed by atoms with Gasteiger partial charge in [-0.15, -0.1) is 0 Å². The molecule has 9 aromatic rings. The van der Waals surface area contributed by atoms with Crippen LogP contribution in [0.1, 0.15) is 0 Å². The van der Waals surface area contributed by atoms with Crippen LogP contribution in [0.4, 0.5) is 0 Å². The summed E-state index contributed by atoms with van der Waals surface area (Å²) in [5.41, 5.74) is 11.8. The topological polar surface area (TPSA) is 26.0 Å². The average Bonchev–Trinajstić information content (AvgIpc) is 3.60. The SMILES string of the molecule is c1ccc(-c2c3ccccc3c(-c3ccc(-c4nc5c(-c6ccccc6)ccc(-c6ccccc6)c5o4)cc3)c3ccccc23)cc1. The number of fused-ring (bicyclic) bond motifs is 3. The smallest absolute Gasteiger partial charge is 0.227 e. The molecule has 0 radical (unpaired) electrons. The molecule has 0 fully saturated rings. The first-order chi connectivity index (χ1) is 23.3. The quantitative estimate of drug-likeness (QED) is 0.184. The van der Waals surface area contributed by atoms with Gasteiger partial charge in [-0.2, -0.15) is 0 Å². The van der Waals surface area contributed by atoms with Crippen LogP contribution >= 0.6 is 0 Å². The Morgan fingerprint density at radius 3 is 1.21 bits per heavy atom. The third-order valence-corrected chi connectivity index (χ3v) is 9.13. The zero-order chi connectivity index (χ0) is 31.2. The van der Waals surface area contributed by atoms with E-state index in [0.29, 0.717) is 5.89 Å². The molecule has 0 bridgehead atoms. The van der Waals surface area contributed by atoms with Crippen molar-refractivity contribution in [2.45, 2.75) is 0 Å². The first-order valence-electron chi connectivity index (χ1n) is 16.0. The molecule has 2 heteroatoms. The minimum atomic E-state index is 0.612. The third kappa shape index (κ3) is 4.62. The van der Waals surface area contributed by atoms with Gasteiger partial charge in [0.05, 0.1) is 0 Å². The normalized spacial score (nSPS) is 11.4. The molecule has 220 valence electrons. The predicted molar refractivity (Wildman–Crippen MR) is 196 cm³/mol. The Bertz CT molecular complexity index is 2400. The van der Waals surface area contributed by atoms with E-state index in [4.69, 9.17) is 9.40 Å². The van der Waals surface area contributed by atoms with Crippen LogP contribution < -0.4 is 0 Å². The van der Waals surface area contributed by atoms with Crippen molar-refractivity contribution >= 4 is 32.6 Å². The Hall–Kier alpha value is -6.25. The van der Waals surface area contributed by atoms with E-state index in [0.717, 1.165) is 44.5 Å². The van der Waals surface area contributed by atoms with E-state index in [1.165, 1.54) is 38.2 Å². The fourth-order valence-corrected chi connectivity index (χ4v) is 6.96. The standard InChI is InChI=1S/C45H29NO/c1-4-14-30(15-5-1)35-28-29-36(31-16-6-2-7-17-31)44-43(35)46-45(47-44)34-26-24-33(25-27-34)42-39-22-12-10-20-37(39)41(32-18-8-3-9-19-32)38-21-11-13-23-40(38)42/h1-29H. The number of aromatic nitrogens is 1.